The number of fused-ring (bicyclic) bond motifs is 1. The molecule has 2 heteroatoms. The van der Waals surface area contributed by atoms with Gasteiger partial charge in [0.05, 0.1) is 0 Å². The van der Waals surface area contributed by atoms with E-state index >= 15 is 0 Å². The van der Waals surface area contributed by atoms with E-state index in [1.54, 1.807) is 12.1 Å². The van der Waals surface area contributed by atoms with Crippen LogP contribution < -0.4 is 0 Å². The summed E-state index contributed by atoms with van der Waals surface area (Å²) in [5.41, 5.74) is 2.38. The van der Waals surface area contributed by atoms with E-state index in [4.69, 9.17) is 0 Å². The van der Waals surface area contributed by atoms with Gasteiger partial charge in [0.15, 0.2) is 11.5 Å². The highest BCUT2D eigenvalue weighted by Gasteiger charge is 2.16. The molecule has 1 aromatic carbocycles. The van der Waals surface area contributed by atoms with Gasteiger partial charge in [0, 0.05) is 0 Å². The molecule has 70 valence electrons. The second-order valence-electron chi connectivity index (χ2n) is 3.96. The first-order valence-corrected chi connectivity index (χ1v) is 4.70. The zero-order valence-electron chi connectivity index (χ0n) is 7.75. The normalized spacial score (nSPS) is 21.2. The van der Waals surface area contributed by atoms with Crippen LogP contribution >= 0.6 is 0 Å². The lowest BCUT2D eigenvalue weighted by Crippen LogP contribution is -2.10. The Morgan fingerprint density at radius 3 is 2.46 bits per heavy atom. The standard InChI is InChI=1S/C11H14O2/c1-7-2-3-8-5-10(12)11(13)6-9(8)4-7/h5-7,12-13H,2-4H2,1H3. The Bertz CT molecular complexity index is 331. The monoisotopic (exact) mass is 178 g/mol. The average Bonchev–Trinajstić information content (AvgIpc) is 2.08. The molecular weight excluding hydrogens is 164 g/mol. The number of hydrogen-bond donors (Lipinski definition) is 2. The van der Waals surface area contributed by atoms with Gasteiger partial charge in [-0.1, -0.05) is 6.92 Å². The van der Waals surface area contributed by atoms with Gasteiger partial charge in [-0.3, -0.25) is 0 Å². The summed E-state index contributed by atoms with van der Waals surface area (Å²) in [5, 5.41) is 18.6. The van der Waals surface area contributed by atoms with Crippen LogP contribution in [-0.2, 0) is 12.8 Å². The summed E-state index contributed by atoms with van der Waals surface area (Å²) in [5.74, 6) is 0.706. The quantitative estimate of drug-likeness (QED) is 0.598. The van der Waals surface area contributed by atoms with Gasteiger partial charge in [0.1, 0.15) is 0 Å². The molecule has 1 atom stereocenters. The molecular formula is C11H14O2. The summed E-state index contributed by atoms with van der Waals surface area (Å²) in [6.07, 6.45) is 3.21. The largest absolute Gasteiger partial charge is 0.504 e. The van der Waals surface area contributed by atoms with Crippen LogP contribution in [0.2, 0.25) is 0 Å². The van der Waals surface area contributed by atoms with Gasteiger partial charge < -0.3 is 10.2 Å². The van der Waals surface area contributed by atoms with E-state index in [9.17, 15) is 10.2 Å². The molecule has 2 nitrogen and oxygen atoms in total. The first-order valence-electron chi connectivity index (χ1n) is 4.70. The van der Waals surface area contributed by atoms with E-state index in [2.05, 4.69) is 6.92 Å². The molecule has 0 radical (unpaired) electrons. The third kappa shape index (κ3) is 1.48. The van der Waals surface area contributed by atoms with Gasteiger partial charge in [-0.15, -0.1) is 0 Å². The molecule has 2 N–H and O–H groups in total. The molecule has 2 rings (SSSR count). The maximum absolute atomic E-state index is 9.31. The first-order chi connectivity index (χ1) is 6.16. The summed E-state index contributed by atoms with van der Waals surface area (Å²) in [4.78, 5) is 0. The van der Waals surface area contributed by atoms with E-state index in [0.717, 1.165) is 12.8 Å². The molecule has 1 unspecified atom stereocenters. The van der Waals surface area contributed by atoms with Crippen molar-refractivity contribution in [3.8, 4) is 11.5 Å². The zero-order chi connectivity index (χ0) is 9.42. The maximum Gasteiger partial charge on any atom is 0.157 e. The molecule has 1 aliphatic carbocycles. The predicted molar refractivity (Wildman–Crippen MR) is 51.0 cm³/mol. The second kappa shape index (κ2) is 2.95. The molecule has 1 aromatic rings. The van der Waals surface area contributed by atoms with Crippen molar-refractivity contribution in [2.75, 3.05) is 0 Å². The SMILES string of the molecule is CC1CCc2cc(O)c(O)cc2C1. The van der Waals surface area contributed by atoms with Gasteiger partial charge in [0.2, 0.25) is 0 Å². The van der Waals surface area contributed by atoms with Crippen LogP contribution in [0, 0.1) is 5.92 Å². The van der Waals surface area contributed by atoms with E-state index in [-0.39, 0.29) is 11.5 Å². The van der Waals surface area contributed by atoms with Crippen molar-refractivity contribution in [1.29, 1.82) is 0 Å². The van der Waals surface area contributed by atoms with Crippen LogP contribution in [0.1, 0.15) is 24.5 Å². The summed E-state index contributed by atoms with van der Waals surface area (Å²) in [6.45, 7) is 2.22. The van der Waals surface area contributed by atoms with Gasteiger partial charge in [-0.25, -0.2) is 0 Å². The first kappa shape index (κ1) is 8.42. The summed E-state index contributed by atoms with van der Waals surface area (Å²) >= 11 is 0. The summed E-state index contributed by atoms with van der Waals surface area (Å²) < 4.78 is 0. The molecule has 0 heterocycles. The van der Waals surface area contributed by atoms with Crippen molar-refractivity contribution < 1.29 is 10.2 Å². The van der Waals surface area contributed by atoms with Crippen molar-refractivity contribution in [3.05, 3.63) is 23.3 Å². The average molecular weight is 178 g/mol. The highest BCUT2D eigenvalue weighted by Crippen LogP contribution is 2.33. The Balaban J connectivity index is 2.43. The minimum absolute atomic E-state index is 0.00727. The molecule has 0 aliphatic heterocycles. The smallest absolute Gasteiger partial charge is 0.157 e. The Kier molecular flexibility index (Phi) is 1.91. The summed E-state index contributed by atoms with van der Waals surface area (Å²) in [7, 11) is 0. The minimum atomic E-state index is 0.00727. The summed E-state index contributed by atoms with van der Waals surface area (Å²) in [6, 6.07) is 3.39. The molecule has 0 bridgehead atoms. The van der Waals surface area contributed by atoms with Crippen LogP contribution in [0.3, 0.4) is 0 Å². The number of phenols is 2. The van der Waals surface area contributed by atoms with Gasteiger partial charge in [0.25, 0.3) is 0 Å². The molecule has 0 saturated carbocycles. The lowest BCUT2D eigenvalue weighted by molar-refractivity contribution is 0.399. The fourth-order valence-electron chi connectivity index (χ4n) is 1.97. The van der Waals surface area contributed by atoms with Crippen LogP contribution in [-0.4, -0.2) is 10.2 Å². The van der Waals surface area contributed by atoms with E-state index < -0.39 is 0 Å². The van der Waals surface area contributed by atoms with Gasteiger partial charge in [-0.2, -0.15) is 0 Å². The van der Waals surface area contributed by atoms with E-state index in [1.807, 2.05) is 0 Å². The Labute approximate surface area is 77.8 Å². The number of aryl methyl sites for hydroxylation is 1. The molecule has 0 fully saturated rings. The van der Waals surface area contributed by atoms with Gasteiger partial charge >= 0.3 is 0 Å². The minimum Gasteiger partial charge on any atom is -0.504 e. The van der Waals surface area contributed by atoms with Gasteiger partial charge in [-0.05, 0) is 48.4 Å². The third-order valence-electron chi connectivity index (χ3n) is 2.77. The zero-order valence-corrected chi connectivity index (χ0v) is 7.75. The Morgan fingerprint density at radius 1 is 1.15 bits per heavy atom. The number of aromatic hydroxyl groups is 2. The highest BCUT2D eigenvalue weighted by atomic mass is 16.3. The van der Waals surface area contributed by atoms with Crippen LogP contribution in [0.5, 0.6) is 11.5 Å². The van der Waals surface area contributed by atoms with Crippen LogP contribution in [0.15, 0.2) is 12.1 Å². The molecule has 13 heavy (non-hydrogen) atoms. The van der Waals surface area contributed by atoms with Crippen LogP contribution in [0.25, 0.3) is 0 Å². The van der Waals surface area contributed by atoms with E-state index in [1.165, 1.54) is 17.5 Å². The van der Waals surface area contributed by atoms with Crippen molar-refractivity contribution in [1.82, 2.24) is 0 Å². The Morgan fingerprint density at radius 2 is 1.77 bits per heavy atom. The second-order valence-corrected chi connectivity index (χ2v) is 3.96. The number of phenolic OH excluding ortho intramolecular Hbond substituents is 2. The topological polar surface area (TPSA) is 40.5 Å². The molecule has 0 spiro atoms. The van der Waals surface area contributed by atoms with Crippen molar-refractivity contribution in [3.63, 3.8) is 0 Å². The molecule has 0 saturated heterocycles. The molecule has 0 amide bonds. The molecule has 1 aliphatic rings. The lowest BCUT2D eigenvalue weighted by atomic mass is 9.85. The third-order valence-corrected chi connectivity index (χ3v) is 2.77. The van der Waals surface area contributed by atoms with Crippen molar-refractivity contribution >= 4 is 0 Å². The lowest BCUT2D eigenvalue weighted by Gasteiger charge is -2.21. The fraction of sp³-hybridized carbons (Fsp3) is 0.455. The van der Waals surface area contributed by atoms with E-state index in [0.29, 0.717) is 5.92 Å². The Hall–Kier alpha value is -1.18. The van der Waals surface area contributed by atoms with Crippen molar-refractivity contribution in [2.24, 2.45) is 5.92 Å². The fourth-order valence-corrected chi connectivity index (χ4v) is 1.97. The highest BCUT2D eigenvalue weighted by molar-refractivity contribution is 5.46. The maximum atomic E-state index is 9.31. The number of hydrogen-bond acceptors (Lipinski definition) is 2. The number of rotatable bonds is 0. The molecule has 0 aromatic heterocycles. The van der Waals surface area contributed by atoms with Crippen LogP contribution in [0.4, 0.5) is 0 Å². The van der Waals surface area contributed by atoms with Crippen molar-refractivity contribution in [2.45, 2.75) is 26.2 Å². The number of benzene rings is 1. The predicted octanol–water partition coefficient (Wildman–Crippen LogP) is 2.22.